The minimum Gasteiger partial charge on any atom is -0.488 e. The van der Waals surface area contributed by atoms with Crippen molar-refractivity contribution in [1.29, 1.82) is 0 Å². The summed E-state index contributed by atoms with van der Waals surface area (Å²) in [6.45, 7) is 10.7. The van der Waals surface area contributed by atoms with Gasteiger partial charge < -0.3 is 30.0 Å². The number of ether oxygens (including phenoxy) is 3. The second-order valence-corrected chi connectivity index (χ2v) is 14.3. The van der Waals surface area contributed by atoms with Gasteiger partial charge in [-0.2, -0.15) is 0 Å². The molecule has 2 atom stereocenters. The highest BCUT2D eigenvalue weighted by Crippen LogP contribution is 2.44. The number of carbonyl (C=O) groups is 5. The molecule has 0 aromatic heterocycles. The van der Waals surface area contributed by atoms with Crippen LogP contribution in [0, 0.1) is 0 Å². The van der Waals surface area contributed by atoms with Gasteiger partial charge in [0, 0.05) is 12.3 Å². The third kappa shape index (κ3) is 10.9. The van der Waals surface area contributed by atoms with Crippen LogP contribution < -0.4 is 15.4 Å². The Morgan fingerprint density at radius 3 is 1.86 bits per heavy atom. The average molecular weight is 687 g/mol. The number of hydrogen-bond donors (Lipinski definition) is 3. The molecule has 2 amide bonds. The van der Waals surface area contributed by atoms with E-state index in [0.29, 0.717) is 11.3 Å². The van der Waals surface area contributed by atoms with E-state index in [1.807, 2.05) is 69.3 Å². The van der Waals surface area contributed by atoms with Crippen LogP contribution in [0.1, 0.15) is 83.4 Å². The van der Waals surface area contributed by atoms with Crippen LogP contribution in [0.15, 0.2) is 72.8 Å². The molecule has 0 saturated heterocycles. The highest BCUT2D eigenvalue weighted by molar-refractivity contribution is 5.95. The first-order valence-electron chi connectivity index (χ1n) is 16.7. The van der Waals surface area contributed by atoms with Gasteiger partial charge in [0.1, 0.15) is 29.6 Å². The third-order valence-electron chi connectivity index (χ3n) is 7.82. The van der Waals surface area contributed by atoms with Crippen LogP contribution in [-0.4, -0.2) is 64.7 Å². The molecule has 1 aliphatic carbocycles. The van der Waals surface area contributed by atoms with Gasteiger partial charge in [-0.1, -0.05) is 60.7 Å². The van der Waals surface area contributed by atoms with Gasteiger partial charge in [0.15, 0.2) is 5.78 Å². The smallest absolute Gasteiger partial charge is 0.407 e. The lowest BCUT2D eigenvalue weighted by atomic mass is 9.98. The number of Topliss-reactive ketones (excluding diaryl/α,β-unsaturated/α-hetero) is 1. The van der Waals surface area contributed by atoms with Crippen LogP contribution in [0.2, 0.25) is 0 Å². The van der Waals surface area contributed by atoms with Crippen molar-refractivity contribution >= 4 is 29.7 Å². The number of rotatable bonds is 14. The summed E-state index contributed by atoms with van der Waals surface area (Å²) in [5.41, 5.74) is 3.50. The Kier molecular flexibility index (Phi) is 12.1. The fraction of sp³-hybridized carbons (Fsp3) is 0.410. The van der Waals surface area contributed by atoms with Gasteiger partial charge in [-0.25, -0.2) is 4.79 Å². The normalized spacial score (nSPS) is 13.6. The first kappa shape index (κ1) is 37.6. The molecule has 0 saturated carbocycles. The number of fused-ring (bicyclic) bond motifs is 3. The molecule has 1 aliphatic rings. The molecule has 1 unspecified atom stereocenters. The molecule has 0 fully saturated rings. The Morgan fingerprint density at radius 1 is 0.740 bits per heavy atom. The minimum absolute atomic E-state index is 0.0220. The minimum atomic E-state index is -1.46. The number of carbonyl (C=O) groups excluding carboxylic acids is 4. The number of aliphatic carboxylic acids is 1. The van der Waals surface area contributed by atoms with Crippen LogP contribution in [0.25, 0.3) is 11.1 Å². The fourth-order valence-electron chi connectivity index (χ4n) is 5.75. The van der Waals surface area contributed by atoms with Gasteiger partial charge >= 0.3 is 18.0 Å². The lowest BCUT2D eigenvalue weighted by Crippen LogP contribution is -2.53. The number of nitrogens with one attached hydrogen (secondary N) is 2. The summed E-state index contributed by atoms with van der Waals surface area (Å²) in [5.74, 6) is -2.88. The molecule has 266 valence electrons. The van der Waals surface area contributed by atoms with E-state index in [2.05, 4.69) is 10.6 Å². The standard InChI is InChI=1S/C39H46N2O9/c1-38(2,3)49-25-17-15-24(16-18-25)21-31(33(42)19-20-34(43)44)40-36(46)32(22-35(45)50-39(4,5)6)41-37(47)48-23-30-28-13-9-7-11-26(28)27-12-8-10-14-29(27)30/h7-18,30-32H,19-23H2,1-6H3,(H,40,46)(H,41,47)(H,43,44)/t31?,32-/m0/s1. The predicted octanol–water partition coefficient (Wildman–Crippen LogP) is 5.96. The molecule has 3 N–H and O–H groups in total. The number of esters is 1. The summed E-state index contributed by atoms with van der Waals surface area (Å²) in [6, 6.07) is 20.1. The fourth-order valence-corrected chi connectivity index (χ4v) is 5.75. The number of benzene rings is 3. The maximum atomic E-state index is 13.7. The zero-order valence-electron chi connectivity index (χ0n) is 29.4. The van der Waals surface area contributed by atoms with Crippen molar-refractivity contribution in [2.75, 3.05) is 6.61 Å². The molecule has 11 nitrogen and oxygen atoms in total. The summed E-state index contributed by atoms with van der Waals surface area (Å²) < 4.78 is 16.9. The highest BCUT2D eigenvalue weighted by Gasteiger charge is 2.33. The maximum Gasteiger partial charge on any atom is 0.407 e. The van der Waals surface area contributed by atoms with E-state index in [9.17, 15) is 29.1 Å². The van der Waals surface area contributed by atoms with Crippen LogP contribution in [0.4, 0.5) is 4.79 Å². The van der Waals surface area contributed by atoms with Crippen molar-refractivity contribution in [3.05, 3.63) is 89.5 Å². The van der Waals surface area contributed by atoms with Crippen molar-refractivity contribution in [2.24, 2.45) is 0 Å². The molecule has 0 spiro atoms. The number of alkyl carbamates (subject to hydrolysis) is 1. The number of ketones is 1. The molecule has 0 aliphatic heterocycles. The average Bonchev–Trinajstić information content (AvgIpc) is 3.34. The first-order valence-corrected chi connectivity index (χ1v) is 16.7. The first-order chi connectivity index (χ1) is 23.5. The second-order valence-electron chi connectivity index (χ2n) is 14.3. The number of carboxylic acid groups (broad SMARTS) is 1. The summed E-state index contributed by atoms with van der Waals surface area (Å²) in [6.07, 6.45) is -2.20. The molecule has 50 heavy (non-hydrogen) atoms. The summed E-state index contributed by atoms with van der Waals surface area (Å²) in [5, 5.41) is 14.3. The van der Waals surface area contributed by atoms with Gasteiger partial charge in [-0.15, -0.1) is 0 Å². The maximum absolute atomic E-state index is 13.7. The SMILES string of the molecule is CC(C)(C)OC(=O)C[C@H](NC(=O)OCC1c2ccccc2-c2ccccc21)C(=O)NC(Cc1ccc(OC(C)(C)C)cc1)C(=O)CCC(=O)O. The van der Waals surface area contributed by atoms with Gasteiger partial charge in [-0.3, -0.25) is 19.2 Å². The summed E-state index contributed by atoms with van der Waals surface area (Å²) in [4.78, 5) is 64.3. The number of carboxylic acids is 1. The zero-order chi connectivity index (χ0) is 36.6. The molecule has 0 bridgehead atoms. The Labute approximate surface area is 292 Å². The monoisotopic (exact) mass is 686 g/mol. The second kappa shape index (κ2) is 16.0. The molecular weight excluding hydrogens is 640 g/mol. The zero-order valence-corrected chi connectivity index (χ0v) is 29.4. The summed E-state index contributed by atoms with van der Waals surface area (Å²) >= 11 is 0. The van der Waals surface area contributed by atoms with E-state index in [0.717, 1.165) is 22.3 Å². The van der Waals surface area contributed by atoms with Crippen LogP contribution >= 0.6 is 0 Å². The van der Waals surface area contributed by atoms with Gasteiger partial charge in [-0.05, 0) is 87.9 Å². The molecule has 3 aromatic carbocycles. The molecule has 0 heterocycles. The third-order valence-corrected chi connectivity index (χ3v) is 7.82. The van der Waals surface area contributed by atoms with E-state index in [1.54, 1.807) is 45.0 Å². The van der Waals surface area contributed by atoms with Crippen molar-refractivity contribution < 1.29 is 43.3 Å². The molecular formula is C39H46N2O9. The molecule has 4 rings (SSSR count). The van der Waals surface area contributed by atoms with Gasteiger partial charge in [0.25, 0.3) is 0 Å². The van der Waals surface area contributed by atoms with Gasteiger partial charge in [0.2, 0.25) is 5.91 Å². The number of hydrogen-bond acceptors (Lipinski definition) is 8. The summed E-state index contributed by atoms with van der Waals surface area (Å²) in [7, 11) is 0. The van der Waals surface area contributed by atoms with Gasteiger partial charge in [0.05, 0.1) is 18.9 Å². The molecule has 3 aromatic rings. The van der Waals surface area contributed by atoms with Crippen molar-refractivity contribution in [3.63, 3.8) is 0 Å². The van der Waals surface area contributed by atoms with E-state index in [4.69, 9.17) is 14.2 Å². The van der Waals surface area contributed by atoms with E-state index < -0.39 is 65.8 Å². The quantitative estimate of drug-likeness (QED) is 0.174. The van der Waals surface area contributed by atoms with Crippen molar-refractivity contribution in [2.45, 2.75) is 96.4 Å². The lowest BCUT2D eigenvalue weighted by Gasteiger charge is -2.25. The molecule has 0 radical (unpaired) electrons. The Balaban J connectivity index is 1.51. The lowest BCUT2D eigenvalue weighted by molar-refractivity contribution is -0.156. The Morgan fingerprint density at radius 2 is 1.32 bits per heavy atom. The van der Waals surface area contributed by atoms with Crippen molar-refractivity contribution in [3.8, 4) is 16.9 Å². The van der Waals surface area contributed by atoms with Crippen LogP contribution in [-0.2, 0) is 35.1 Å². The molecule has 11 heteroatoms. The Hall–Kier alpha value is -5.19. The van der Waals surface area contributed by atoms with E-state index in [-0.39, 0.29) is 25.4 Å². The topological polar surface area (TPSA) is 157 Å². The number of amides is 2. The van der Waals surface area contributed by atoms with Crippen LogP contribution in [0.5, 0.6) is 5.75 Å². The van der Waals surface area contributed by atoms with E-state index >= 15 is 0 Å². The highest BCUT2D eigenvalue weighted by atomic mass is 16.6. The Bertz CT molecular complexity index is 1660. The largest absolute Gasteiger partial charge is 0.488 e. The van der Waals surface area contributed by atoms with Crippen LogP contribution in [0.3, 0.4) is 0 Å². The predicted molar refractivity (Wildman–Crippen MR) is 187 cm³/mol. The van der Waals surface area contributed by atoms with Crippen molar-refractivity contribution in [1.82, 2.24) is 10.6 Å². The van der Waals surface area contributed by atoms with E-state index in [1.165, 1.54) is 0 Å².